The zero-order chi connectivity index (χ0) is 16.2. The molecule has 0 saturated heterocycles. The number of aliphatic carboxylic acids is 1. The molecule has 114 valence electrons. The van der Waals surface area contributed by atoms with Crippen LogP contribution in [0, 0.1) is 6.92 Å². The van der Waals surface area contributed by atoms with Crippen molar-refractivity contribution in [2.75, 3.05) is 0 Å². The maximum Gasteiger partial charge on any atom is 0.326 e. The van der Waals surface area contributed by atoms with E-state index in [2.05, 4.69) is 10.4 Å². The quantitative estimate of drug-likeness (QED) is 0.629. The molecule has 0 unspecified atom stereocenters. The minimum atomic E-state index is -1.37. The van der Waals surface area contributed by atoms with Crippen molar-refractivity contribution in [2.24, 2.45) is 12.8 Å². The standard InChI is InChI=1S/C12H15ClN4O4/c1-6-7(11(13)17(2)16-6)3-4-10(19)15-8(12(20)21)5-9(14)18/h3-4,8H,5H2,1-2H3,(H2,14,18)(H,15,19)(H,20,21)/t8-/m0/s1. The number of hydrogen-bond donors (Lipinski definition) is 3. The van der Waals surface area contributed by atoms with E-state index in [1.807, 2.05) is 0 Å². The molecule has 0 aliphatic carbocycles. The molecule has 1 rings (SSSR count). The largest absolute Gasteiger partial charge is 0.480 e. The van der Waals surface area contributed by atoms with E-state index in [0.717, 1.165) is 6.08 Å². The molecule has 0 fully saturated rings. The van der Waals surface area contributed by atoms with E-state index in [1.165, 1.54) is 10.8 Å². The molecule has 2 amide bonds. The van der Waals surface area contributed by atoms with E-state index in [9.17, 15) is 14.4 Å². The van der Waals surface area contributed by atoms with Crippen molar-refractivity contribution in [3.05, 3.63) is 22.5 Å². The Bertz CT molecular complexity index is 609. The summed E-state index contributed by atoms with van der Waals surface area (Å²) in [5, 5.41) is 15.4. The van der Waals surface area contributed by atoms with Crippen LogP contribution >= 0.6 is 11.6 Å². The van der Waals surface area contributed by atoms with Crippen molar-refractivity contribution < 1.29 is 19.5 Å². The Morgan fingerprint density at radius 3 is 2.57 bits per heavy atom. The number of halogens is 1. The number of aryl methyl sites for hydroxylation is 2. The molecule has 0 radical (unpaired) electrons. The van der Waals surface area contributed by atoms with Gasteiger partial charge in [0, 0.05) is 18.7 Å². The lowest BCUT2D eigenvalue weighted by molar-refractivity contribution is -0.142. The number of nitrogens with one attached hydrogen (secondary N) is 1. The molecular weight excluding hydrogens is 300 g/mol. The van der Waals surface area contributed by atoms with Crippen LogP contribution in [0.3, 0.4) is 0 Å². The summed E-state index contributed by atoms with van der Waals surface area (Å²) >= 11 is 5.98. The van der Waals surface area contributed by atoms with Crippen molar-refractivity contribution in [1.29, 1.82) is 0 Å². The maximum atomic E-state index is 11.7. The molecule has 21 heavy (non-hydrogen) atoms. The Morgan fingerprint density at radius 1 is 1.52 bits per heavy atom. The van der Waals surface area contributed by atoms with Gasteiger partial charge in [0.25, 0.3) is 0 Å². The predicted octanol–water partition coefficient (Wildman–Crippen LogP) is -0.160. The first-order valence-corrected chi connectivity index (χ1v) is 6.29. The molecule has 9 heteroatoms. The zero-order valence-electron chi connectivity index (χ0n) is 11.5. The summed E-state index contributed by atoms with van der Waals surface area (Å²) in [5.74, 6) is -2.84. The number of hydrogen-bond acceptors (Lipinski definition) is 4. The molecule has 0 aliphatic heterocycles. The molecule has 1 heterocycles. The van der Waals surface area contributed by atoms with Crippen LogP contribution in [-0.4, -0.2) is 38.7 Å². The van der Waals surface area contributed by atoms with Gasteiger partial charge in [-0.3, -0.25) is 14.3 Å². The van der Waals surface area contributed by atoms with Gasteiger partial charge in [-0.05, 0) is 13.0 Å². The number of carbonyl (C=O) groups excluding carboxylic acids is 2. The molecule has 0 spiro atoms. The third-order valence-electron chi connectivity index (χ3n) is 2.62. The van der Waals surface area contributed by atoms with Crippen LogP contribution in [0.4, 0.5) is 0 Å². The smallest absolute Gasteiger partial charge is 0.326 e. The fourth-order valence-electron chi connectivity index (χ4n) is 1.62. The average molecular weight is 315 g/mol. The number of aromatic nitrogens is 2. The first kappa shape index (κ1) is 16.7. The molecule has 1 atom stereocenters. The van der Waals surface area contributed by atoms with Crippen molar-refractivity contribution in [1.82, 2.24) is 15.1 Å². The van der Waals surface area contributed by atoms with Crippen LogP contribution in [0.25, 0.3) is 6.08 Å². The minimum Gasteiger partial charge on any atom is -0.480 e. The lowest BCUT2D eigenvalue weighted by Gasteiger charge is -2.10. The number of nitrogens with zero attached hydrogens (tertiary/aromatic N) is 2. The summed E-state index contributed by atoms with van der Waals surface area (Å²) in [6, 6.07) is -1.37. The molecule has 0 aromatic carbocycles. The Labute approximate surface area is 125 Å². The maximum absolute atomic E-state index is 11.7. The molecular formula is C12H15ClN4O4. The lowest BCUT2D eigenvalue weighted by Crippen LogP contribution is -2.42. The van der Waals surface area contributed by atoms with Crippen molar-refractivity contribution in [3.63, 3.8) is 0 Å². The highest BCUT2D eigenvalue weighted by Gasteiger charge is 2.21. The number of carboxylic acid groups (broad SMARTS) is 1. The molecule has 0 saturated carbocycles. The van der Waals surface area contributed by atoms with Crippen LogP contribution in [-0.2, 0) is 21.4 Å². The summed E-state index contributed by atoms with van der Waals surface area (Å²) in [4.78, 5) is 33.3. The Hall–Kier alpha value is -2.35. The number of nitrogens with two attached hydrogens (primary N) is 1. The third kappa shape index (κ3) is 4.60. The second kappa shape index (κ2) is 6.89. The van der Waals surface area contributed by atoms with Crippen molar-refractivity contribution >= 4 is 35.5 Å². The van der Waals surface area contributed by atoms with Gasteiger partial charge in [-0.15, -0.1) is 0 Å². The molecule has 4 N–H and O–H groups in total. The first-order valence-electron chi connectivity index (χ1n) is 5.91. The van der Waals surface area contributed by atoms with Crippen LogP contribution in [0.15, 0.2) is 6.08 Å². The van der Waals surface area contributed by atoms with E-state index in [1.54, 1.807) is 14.0 Å². The summed E-state index contributed by atoms with van der Waals surface area (Å²) in [6.07, 6.45) is 2.05. The molecule has 0 bridgehead atoms. The van der Waals surface area contributed by atoms with Gasteiger partial charge in [-0.25, -0.2) is 4.79 Å². The van der Waals surface area contributed by atoms with Gasteiger partial charge in [0.05, 0.1) is 12.1 Å². The van der Waals surface area contributed by atoms with Crippen LogP contribution < -0.4 is 11.1 Å². The summed E-state index contributed by atoms with van der Waals surface area (Å²) < 4.78 is 1.45. The third-order valence-corrected chi connectivity index (χ3v) is 3.07. The van der Waals surface area contributed by atoms with Gasteiger partial charge in [-0.2, -0.15) is 5.10 Å². The van der Waals surface area contributed by atoms with Gasteiger partial charge in [-0.1, -0.05) is 11.6 Å². The monoisotopic (exact) mass is 314 g/mol. The van der Waals surface area contributed by atoms with E-state index in [4.69, 9.17) is 22.4 Å². The first-order chi connectivity index (χ1) is 9.72. The van der Waals surface area contributed by atoms with Crippen LogP contribution in [0.2, 0.25) is 5.15 Å². The molecule has 8 nitrogen and oxygen atoms in total. The summed E-state index contributed by atoms with van der Waals surface area (Å²) in [7, 11) is 1.65. The van der Waals surface area contributed by atoms with E-state index in [-0.39, 0.29) is 0 Å². The van der Waals surface area contributed by atoms with Crippen LogP contribution in [0.1, 0.15) is 17.7 Å². The Kier molecular flexibility index (Phi) is 5.48. The van der Waals surface area contributed by atoms with Crippen LogP contribution in [0.5, 0.6) is 0 Å². The number of carbonyl (C=O) groups is 3. The normalized spacial score (nSPS) is 12.3. The topological polar surface area (TPSA) is 127 Å². The SMILES string of the molecule is Cc1nn(C)c(Cl)c1C=CC(=O)N[C@@H](CC(N)=O)C(=O)O. The van der Waals surface area contributed by atoms with Crippen molar-refractivity contribution in [3.8, 4) is 0 Å². The predicted molar refractivity (Wildman–Crippen MR) is 75.4 cm³/mol. The van der Waals surface area contributed by atoms with Gasteiger partial charge in [0.15, 0.2) is 0 Å². The number of carboxylic acids is 1. The van der Waals surface area contributed by atoms with Gasteiger partial charge < -0.3 is 16.2 Å². The highest BCUT2D eigenvalue weighted by Crippen LogP contribution is 2.19. The highest BCUT2D eigenvalue weighted by atomic mass is 35.5. The van der Waals surface area contributed by atoms with Gasteiger partial charge in [0.2, 0.25) is 11.8 Å². The van der Waals surface area contributed by atoms with Crippen molar-refractivity contribution in [2.45, 2.75) is 19.4 Å². The van der Waals surface area contributed by atoms with E-state index < -0.39 is 30.2 Å². The summed E-state index contributed by atoms with van der Waals surface area (Å²) in [5.41, 5.74) is 6.09. The lowest BCUT2D eigenvalue weighted by atomic mass is 10.2. The van der Waals surface area contributed by atoms with Gasteiger partial charge in [0.1, 0.15) is 11.2 Å². The van der Waals surface area contributed by atoms with Gasteiger partial charge >= 0.3 is 5.97 Å². The fraction of sp³-hybridized carbons (Fsp3) is 0.333. The Balaban J connectivity index is 2.78. The fourth-order valence-corrected chi connectivity index (χ4v) is 1.85. The molecule has 1 aromatic rings. The van der Waals surface area contributed by atoms with E-state index >= 15 is 0 Å². The second-order valence-electron chi connectivity index (χ2n) is 4.32. The van der Waals surface area contributed by atoms with E-state index in [0.29, 0.717) is 16.4 Å². The number of amides is 2. The second-order valence-corrected chi connectivity index (χ2v) is 4.67. The number of rotatable bonds is 6. The highest BCUT2D eigenvalue weighted by molar-refractivity contribution is 6.31. The zero-order valence-corrected chi connectivity index (χ0v) is 12.2. The molecule has 1 aromatic heterocycles. The minimum absolute atomic E-state index is 0.350. The number of primary amides is 1. The average Bonchev–Trinajstić information content (AvgIpc) is 2.60. The molecule has 0 aliphatic rings. The summed E-state index contributed by atoms with van der Waals surface area (Å²) in [6.45, 7) is 1.72. The Morgan fingerprint density at radius 2 is 2.14 bits per heavy atom.